The van der Waals surface area contributed by atoms with Gasteiger partial charge >= 0.3 is 0 Å². The van der Waals surface area contributed by atoms with Crippen LogP contribution in [0.1, 0.15) is 27.3 Å². The van der Waals surface area contributed by atoms with Crippen LogP contribution in [0.2, 0.25) is 10.0 Å². The average Bonchev–Trinajstić information content (AvgIpc) is 2.97. The van der Waals surface area contributed by atoms with Crippen molar-refractivity contribution in [2.24, 2.45) is 0 Å². The van der Waals surface area contributed by atoms with Crippen LogP contribution in [0.4, 0.5) is 5.69 Å². The summed E-state index contributed by atoms with van der Waals surface area (Å²) in [6.07, 6.45) is 0. The van der Waals surface area contributed by atoms with Gasteiger partial charge in [0.2, 0.25) is 0 Å². The number of aromatic nitrogens is 3. The first-order chi connectivity index (χ1) is 13.8. The van der Waals surface area contributed by atoms with Gasteiger partial charge in [0.1, 0.15) is 0 Å². The van der Waals surface area contributed by atoms with Crippen molar-refractivity contribution >= 4 is 45.8 Å². The molecule has 146 valence electrons. The van der Waals surface area contributed by atoms with Crippen LogP contribution in [-0.4, -0.2) is 20.7 Å². The van der Waals surface area contributed by atoms with Crippen molar-refractivity contribution in [3.05, 3.63) is 81.1 Å². The summed E-state index contributed by atoms with van der Waals surface area (Å²) in [7, 11) is 0. The van der Waals surface area contributed by atoms with Crippen molar-refractivity contribution in [2.45, 2.75) is 20.8 Å². The number of aryl methyl sites for hydroxylation is 3. The Balaban J connectivity index is 1.82. The highest BCUT2D eigenvalue weighted by atomic mass is 35.5. The maximum absolute atomic E-state index is 13.1. The van der Waals surface area contributed by atoms with Crippen molar-refractivity contribution in [1.82, 2.24) is 14.8 Å². The molecule has 0 fully saturated rings. The Morgan fingerprint density at radius 2 is 1.62 bits per heavy atom. The van der Waals surface area contributed by atoms with Crippen LogP contribution in [0.15, 0.2) is 48.5 Å². The summed E-state index contributed by atoms with van der Waals surface area (Å²) in [5, 5.41) is 9.12. The normalized spacial score (nSPS) is 11.1. The van der Waals surface area contributed by atoms with E-state index in [2.05, 4.69) is 15.4 Å². The predicted octanol–water partition coefficient (Wildman–Crippen LogP) is 5.90. The molecule has 0 aliphatic carbocycles. The van der Waals surface area contributed by atoms with E-state index in [-0.39, 0.29) is 5.91 Å². The number of pyridine rings is 1. The fourth-order valence-electron chi connectivity index (χ4n) is 3.28. The van der Waals surface area contributed by atoms with Crippen molar-refractivity contribution < 1.29 is 4.79 Å². The monoisotopic (exact) mass is 424 g/mol. The van der Waals surface area contributed by atoms with Crippen LogP contribution in [0.5, 0.6) is 0 Å². The number of hydrogen-bond acceptors (Lipinski definition) is 3. The molecule has 0 unspecified atom stereocenters. The Kier molecular flexibility index (Phi) is 5.03. The molecule has 0 aliphatic rings. The largest absolute Gasteiger partial charge is 0.322 e. The fourth-order valence-corrected chi connectivity index (χ4v) is 3.81. The van der Waals surface area contributed by atoms with Crippen LogP contribution in [-0.2, 0) is 0 Å². The quantitative estimate of drug-likeness (QED) is 0.444. The van der Waals surface area contributed by atoms with E-state index in [1.165, 1.54) is 0 Å². The number of nitrogens with one attached hydrogen (secondary N) is 1. The lowest BCUT2D eigenvalue weighted by Crippen LogP contribution is -2.13. The third-order valence-corrected chi connectivity index (χ3v) is 5.02. The topological polar surface area (TPSA) is 59.8 Å². The number of carbonyl (C=O) groups is 1. The first-order valence-electron chi connectivity index (χ1n) is 9.03. The van der Waals surface area contributed by atoms with E-state index in [1.54, 1.807) is 28.9 Å². The van der Waals surface area contributed by atoms with Crippen LogP contribution < -0.4 is 5.32 Å². The number of amides is 1. The Bertz CT molecular complexity index is 1230. The second-order valence-corrected chi connectivity index (χ2v) is 7.83. The first-order valence-corrected chi connectivity index (χ1v) is 9.79. The van der Waals surface area contributed by atoms with E-state index in [4.69, 9.17) is 23.2 Å². The van der Waals surface area contributed by atoms with E-state index in [9.17, 15) is 4.79 Å². The number of anilines is 1. The van der Waals surface area contributed by atoms with Crippen molar-refractivity contribution in [2.75, 3.05) is 5.32 Å². The number of halogens is 2. The number of carbonyl (C=O) groups excluding carboxylic acids is 1. The molecule has 0 atom stereocenters. The maximum Gasteiger partial charge on any atom is 0.256 e. The summed E-state index contributed by atoms with van der Waals surface area (Å²) in [4.78, 5) is 17.7. The predicted molar refractivity (Wildman–Crippen MR) is 117 cm³/mol. The molecule has 29 heavy (non-hydrogen) atoms. The molecule has 0 aliphatic heterocycles. The van der Waals surface area contributed by atoms with Gasteiger partial charge < -0.3 is 5.32 Å². The number of nitrogens with zero attached hydrogens (tertiary/aromatic N) is 3. The lowest BCUT2D eigenvalue weighted by molar-refractivity contribution is 0.102. The molecular formula is C22H18Cl2N4O. The molecule has 2 aromatic carbocycles. The lowest BCUT2D eigenvalue weighted by atomic mass is 10.1. The van der Waals surface area contributed by atoms with Crippen LogP contribution in [0, 0.1) is 20.8 Å². The molecule has 1 amide bonds. The Labute approximate surface area is 178 Å². The molecule has 0 radical (unpaired) electrons. The minimum Gasteiger partial charge on any atom is -0.322 e. The summed E-state index contributed by atoms with van der Waals surface area (Å²) in [6, 6.07) is 14.7. The summed E-state index contributed by atoms with van der Waals surface area (Å²) in [5.74, 6) is -0.273. The molecule has 7 heteroatoms. The zero-order chi connectivity index (χ0) is 20.7. The average molecular weight is 425 g/mol. The van der Waals surface area contributed by atoms with Crippen molar-refractivity contribution in [3.8, 4) is 5.69 Å². The van der Waals surface area contributed by atoms with E-state index < -0.39 is 0 Å². The molecule has 1 N–H and O–H groups in total. The number of hydrogen-bond donors (Lipinski definition) is 1. The third kappa shape index (κ3) is 3.84. The van der Waals surface area contributed by atoms with Gasteiger partial charge in [0.05, 0.1) is 22.3 Å². The van der Waals surface area contributed by atoms with Gasteiger partial charge in [-0.15, -0.1) is 0 Å². The van der Waals surface area contributed by atoms with Gasteiger partial charge in [0.25, 0.3) is 5.91 Å². The van der Waals surface area contributed by atoms with Crippen LogP contribution in [0.25, 0.3) is 16.7 Å². The summed E-state index contributed by atoms with van der Waals surface area (Å²) < 4.78 is 1.77. The summed E-state index contributed by atoms with van der Waals surface area (Å²) >= 11 is 12.1. The Hall–Kier alpha value is -2.89. The minimum atomic E-state index is -0.273. The van der Waals surface area contributed by atoms with Crippen LogP contribution in [0.3, 0.4) is 0 Å². The Morgan fingerprint density at radius 1 is 0.966 bits per heavy atom. The van der Waals surface area contributed by atoms with Gasteiger partial charge in [-0.3, -0.25) is 4.79 Å². The highest BCUT2D eigenvalue weighted by molar-refractivity contribution is 6.35. The second kappa shape index (κ2) is 7.50. The second-order valence-electron chi connectivity index (χ2n) is 6.95. The number of fused-ring (bicyclic) bond motifs is 1. The van der Waals surface area contributed by atoms with Gasteiger partial charge in [0.15, 0.2) is 5.65 Å². The molecule has 5 nitrogen and oxygen atoms in total. The number of rotatable bonds is 3. The third-order valence-electron chi connectivity index (χ3n) is 4.58. The van der Waals surface area contributed by atoms with Gasteiger partial charge in [-0.05, 0) is 57.2 Å². The summed E-state index contributed by atoms with van der Waals surface area (Å²) in [6.45, 7) is 5.76. The molecular weight excluding hydrogens is 407 g/mol. The molecule has 0 saturated heterocycles. The molecule has 0 saturated carbocycles. The summed E-state index contributed by atoms with van der Waals surface area (Å²) in [5.41, 5.74) is 5.16. The van der Waals surface area contributed by atoms with E-state index >= 15 is 0 Å². The zero-order valence-electron chi connectivity index (χ0n) is 16.1. The van der Waals surface area contributed by atoms with Gasteiger partial charge in [-0.2, -0.15) is 5.10 Å². The molecule has 4 aromatic rings. The molecule has 2 heterocycles. The van der Waals surface area contributed by atoms with Crippen LogP contribution >= 0.6 is 23.2 Å². The minimum absolute atomic E-state index is 0.273. The highest BCUT2D eigenvalue weighted by Gasteiger charge is 2.20. The highest BCUT2D eigenvalue weighted by Crippen LogP contribution is 2.27. The fraction of sp³-hybridized carbons (Fsp3) is 0.136. The van der Waals surface area contributed by atoms with Gasteiger partial charge in [-0.1, -0.05) is 40.9 Å². The van der Waals surface area contributed by atoms with Gasteiger partial charge in [0, 0.05) is 21.4 Å². The smallest absolute Gasteiger partial charge is 0.256 e. The lowest BCUT2D eigenvalue weighted by Gasteiger charge is -2.09. The van der Waals surface area contributed by atoms with Crippen molar-refractivity contribution in [1.29, 1.82) is 0 Å². The van der Waals surface area contributed by atoms with Gasteiger partial charge in [-0.25, -0.2) is 9.67 Å². The SMILES string of the molecule is Cc1ccc(-n2nc(C)c3c(C(=O)Nc4cc(Cl)cc(Cl)c4)cc(C)nc32)cc1. The van der Waals surface area contributed by atoms with E-state index in [0.717, 1.165) is 22.6 Å². The van der Waals surface area contributed by atoms with E-state index in [1.807, 2.05) is 45.0 Å². The molecule has 0 bridgehead atoms. The molecule has 0 spiro atoms. The number of benzene rings is 2. The van der Waals surface area contributed by atoms with E-state index in [0.29, 0.717) is 32.3 Å². The standard InChI is InChI=1S/C22H18Cl2N4O/c1-12-4-6-18(7-5-12)28-21-20(14(3)27-28)19(8-13(2)25-21)22(29)26-17-10-15(23)9-16(24)11-17/h4-11H,1-3H3,(H,26,29). The van der Waals surface area contributed by atoms with Crippen molar-refractivity contribution in [3.63, 3.8) is 0 Å². The molecule has 2 aromatic heterocycles. The maximum atomic E-state index is 13.1. The zero-order valence-corrected chi connectivity index (χ0v) is 17.6. The first kappa shape index (κ1) is 19.4. The molecule has 4 rings (SSSR count). The Morgan fingerprint density at radius 3 is 2.28 bits per heavy atom.